The Kier molecular flexibility index (Phi) is 4.59. The van der Waals surface area contributed by atoms with E-state index in [0.717, 1.165) is 19.3 Å². The molecule has 0 radical (unpaired) electrons. The van der Waals surface area contributed by atoms with Gasteiger partial charge in [0.05, 0.1) is 13.2 Å². The van der Waals surface area contributed by atoms with Gasteiger partial charge < -0.3 is 9.47 Å². The Hall–Kier alpha value is -1.54. The molecule has 1 unspecified atom stereocenters. The van der Waals surface area contributed by atoms with Crippen molar-refractivity contribution in [3.05, 3.63) is 0 Å². The zero-order valence-electron chi connectivity index (χ0n) is 10.3. The minimum atomic E-state index is -0.397. The lowest BCUT2D eigenvalue weighted by Crippen LogP contribution is -2.34. The second-order valence-corrected chi connectivity index (χ2v) is 4.06. The van der Waals surface area contributed by atoms with Crippen LogP contribution < -0.4 is 5.32 Å². The van der Waals surface area contributed by atoms with Gasteiger partial charge in [-0.3, -0.25) is 10.1 Å². The summed E-state index contributed by atoms with van der Waals surface area (Å²) < 4.78 is 11.8. The molecule has 1 saturated heterocycles. The van der Waals surface area contributed by atoms with Gasteiger partial charge in [0.2, 0.25) is 5.95 Å². The van der Waals surface area contributed by atoms with Crippen molar-refractivity contribution in [2.75, 3.05) is 25.6 Å². The van der Waals surface area contributed by atoms with Gasteiger partial charge in [0.1, 0.15) is 6.10 Å². The molecule has 0 aliphatic carbocycles. The maximum absolute atomic E-state index is 11.9. The molecule has 100 valence electrons. The predicted octanol–water partition coefficient (Wildman–Crippen LogP) is -0.173. The normalized spacial score (nSPS) is 19.7. The van der Waals surface area contributed by atoms with Gasteiger partial charge in [0.15, 0.2) is 0 Å². The summed E-state index contributed by atoms with van der Waals surface area (Å²) in [6.45, 7) is 1.60. The number of nitrogens with zero attached hydrogens (tertiary/aromatic N) is 4. The molecule has 0 saturated carbocycles. The molecule has 1 aliphatic heterocycles. The second-order valence-electron chi connectivity index (χ2n) is 4.06. The Labute approximate surface area is 105 Å². The summed E-state index contributed by atoms with van der Waals surface area (Å²) in [6, 6.07) is 0. The molecule has 1 atom stereocenters. The number of hydrogen-bond donors (Lipinski definition) is 1. The van der Waals surface area contributed by atoms with Gasteiger partial charge in [-0.05, 0) is 29.7 Å². The van der Waals surface area contributed by atoms with Crippen LogP contribution in [0.2, 0.25) is 0 Å². The summed E-state index contributed by atoms with van der Waals surface area (Å²) in [5.41, 5.74) is 0. The Balaban J connectivity index is 1.91. The van der Waals surface area contributed by atoms with Crippen LogP contribution in [-0.2, 0) is 20.8 Å². The van der Waals surface area contributed by atoms with Crippen LogP contribution in [-0.4, -0.2) is 52.5 Å². The molecule has 1 aromatic rings. The van der Waals surface area contributed by atoms with Gasteiger partial charge in [-0.1, -0.05) is 5.10 Å². The summed E-state index contributed by atoms with van der Waals surface area (Å²) in [4.78, 5) is 11.9. The zero-order valence-corrected chi connectivity index (χ0v) is 10.3. The highest BCUT2D eigenvalue weighted by atomic mass is 16.5. The first-order chi connectivity index (χ1) is 8.81. The number of rotatable bonds is 5. The van der Waals surface area contributed by atoms with Crippen LogP contribution >= 0.6 is 0 Å². The minimum absolute atomic E-state index is 0.192. The van der Waals surface area contributed by atoms with Crippen molar-refractivity contribution in [1.82, 2.24) is 20.2 Å². The standard InChI is InChI=1S/C10H17N5O3/c1-17-7-5-15-10(12-13-14-15)11-9(16)8-4-2-3-6-18-8/h8H,2-7H2,1H3,(H,11,12,14,16). The monoisotopic (exact) mass is 255 g/mol. The lowest BCUT2D eigenvalue weighted by atomic mass is 10.1. The number of anilines is 1. The van der Waals surface area contributed by atoms with Crippen molar-refractivity contribution in [3.63, 3.8) is 0 Å². The average molecular weight is 255 g/mol. The summed E-state index contributed by atoms with van der Waals surface area (Å²) in [5.74, 6) is 0.134. The molecule has 1 N–H and O–H groups in total. The largest absolute Gasteiger partial charge is 0.383 e. The Bertz CT molecular complexity index is 389. The molecule has 0 aromatic carbocycles. The van der Waals surface area contributed by atoms with Crippen LogP contribution in [0.25, 0.3) is 0 Å². The number of ether oxygens (including phenoxy) is 2. The summed E-state index contributed by atoms with van der Waals surface area (Å²) in [6.07, 6.45) is 2.36. The number of nitrogens with one attached hydrogen (secondary N) is 1. The first-order valence-corrected chi connectivity index (χ1v) is 5.99. The third kappa shape index (κ3) is 3.23. The van der Waals surface area contributed by atoms with Crippen LogP contribution in [0.5, 0.6) is 0 Å². The quantitative estimate of drug-likeness (QED) is 0.785. The van der Waals surface area contributed by atoms with Crippen molar-refractivity contribution in [1.29, 1.82) is 0 Å². The fraction of sp³-hybridized carbons (Fsp3) is 0.800. The zero-order chi connectivity index (χ0) is 12.8. The maximum atomic E-state index is 11.9. The summed E-state index contributed by atoms with van der Waals surface area (Å²) >= 11 is 0. The predicted molar refractivity (Wildman–Crippen MR) is 61.9 cm³/mol. The highest BCUT2D eigenvalue weighted by Crippen LogP contribution is 2.14. The number of amides is 1. The molecule has 2 heterocycles. The molecule has 1 amide bonds. The molecule has 8 heteroatoms. The van der Waals surface area contributed by atoms with E-state index in [4.69, 9.17) is 9.47 Å². The number of hydrogen-bond acceptors (Lipinski definition) is 6. The SMILES string of the molecule is COCCn1nnnc1NC(=O)C1CCCCO1. The van der Waals surface area contributed by atoms with E-state index in [1.807, 2.05) is 0 Å². The smallest absolute Gasteiger partial charge is 0.255 e. The third-order valence-corrected chi connectivity index (χ3v) is 2.75. The molecule has 1 aromatic heterocycles. The van der Waals surface area contributed by atoms with Gasteiger partial charge >= 0.3 is 0 Å². The van der Waals surface area contributed by atoms with Crippen LogP contribution in [0, 0.1) is 0 Å². The summed E-state index contributed by atoms with van der Waals surface area (Å²) in [5, 5.41) is 13.7. The lowest BCUT2D eigenvalue weighted by molar-refractivity contribution is -0.130. The third-order valence-electron chi connectivity index (χ3n) is 2.75. The molecular weight excluding hydrogens is 238 g/mol. The van der Waals surface area contributed by atoms with Crippen molar-refractivity contribution in [2.45, 2.75) is 31.9 Å². The van der Waals surface area contributed by atoms with Gasteiger partial charge in [-0.25, -0.2) is 4.68 Å². The van der Waals surface area contributed by atoms with Crippen LogP contribution in [0.1, 0.15) is 19.3 Å². The molecular formula is C10H17N5O3. The van der Waals surface area contributed by atoms with Crippen molar-refractivity contribution in [3.8, 4) is 0 Å². The van der Waals surface area contributed by atoms with Crippen LogP contribution in [0.4, 0.5) is 5.95 Å². The lowest BCUT2D eigenvalue weighted by Gasteiger charge is -2.21. The first kappa shape index (κ1) is 12.9. The molecule has 0 bridgehead atoms. The van der Waals surface area contributed by atoms with Gasteiger partial charge in [0, 0.05) is 13.7 Å². The van der Waals surface area contributed by atoms with E-state index in [9.17, 15) is 4.79 Å². The average Bonchev–Trinajstić information content (AvgIpc) is 2.84. The van der Waals surface area contributed by atoms with E-state index in [1.165, 1.54) is 4.68 Å². The number of methoxy groups -OCH3 is 1. The fourth-order valence-corrected chi connectivity index (χ4v) is 1.76. The Morgan fingerprint density at radius 2 is 2.50 bits per heavy atom. The maximum Gasteiger partial charge on any atom is 0.255 e. The highest BCUT2D eigenvalue weighted by Gasteiger charge is 2.23. The number of carbonyl (C=O) groups is 1. The van der Waals surface area contributed by atoms with E-state index in [2.05, 4.69) is 20.8 Å². The molecule has 8 nitrogen and oxygen atoms in total. The van der Waals surface area contributed by atoms with Crippen molar-refractivity contribution in [2.24, 2.45) is 0 Å². The second kappa shape index (κ2) is 6.41. The number of aromatic nitrogens is 4. The van der Waals surface area contributed by atoms with E-state index in [0.29, 0.717) is 25.7 Å². The van der Waals surface area contributed by atoms with Gasteiger partial charge in [-0.15, -0.1) is 0 Å². The van der Waals surface area contributed by atoms with E-state index in [-0.39, 0.29) is 5.91 Å². The van der Waals surface area contributed by atoms with E-state index < -0.39 is 6.10 Å². The van der Waals surface area contributed by atoms with Gasteiger partial charge in [-0.2, -0.15) is 0 Å². The summed E-state index contributed by atoms with van der Waals surface area (Å²) in [7, 11) is 1.60. The molecule has 1 aliphatic rings. The molecule has 18 heavy (non-hydrogen) atoms. The van der Waals surface area contributed by atoms with Crippen molar-refractivity contribution < 1.29 is 14.3 Å². The van der Waals surface area contributed by atoms with Gasteiger partial charge in [0.25, 0.3) is 5.91 Å². The number of carbonyl (C=O) groups excluding carboxylic acids is 1. The van der Waals surface area contributed by atoms with Crippen LogP contribution in [0.15, 0.2) is 0 Å². The van der Waals surface area contributed by atoms with Crippen LogP contribution in [0.3, 0.4) is 0 Å². The minimum Gasteiger partial charge on any atom is -0.383 e. The Morgan fingerprint density at radius 3 is 3.22 bits per heavy atom. The highest BCUT2D eigenvalue weighted by molar-refractivity contribution is 5.92. The topological polar surface area (TPSA) is 91.2 Å². The van der Waals surface area contributed by atoms with E-state index in [1.54, 1.807) is 7.11 Å². The Morgan fingerprint density at radius 1 is 1.61 bits per heavy atom. The van der Waals surface area contributed by atoms with Crippen molar-refractivity contribution >= 4 is 11.9 Å². The first-order valence-electron chi connectivity index (χ1n) is 5.99. The molecule has 1 fully saturated rings. The van der Waals surface area contributed by atoms with E-state index >= 15 is 0 Å². The molecule has 0 spiro atoms. The number of tetrazole rings is 1. The fourth-order valence-electron chi connectivity index (χ4n) is 1.76. The molecule has 2 rings (SSSR count).